The summed E-state index contributed by atoms with van der Waals surface area (Å²) in [5.74, 6) is 2.01. The lowest BCUT2D eigenvalue weighted by Gasteiger charge is -2.13. The van der Waals surface area contributed by atoms with Crippen LogP contribution in [-0.2, 0) is 6.54 Å². The van der Waals surface area contributed by atoms with Crippen molar-refractivity contribution in [2.75, 3.05) is 26.9 Å². The maximum absolute atomic E-state index is 6.29. The van der Waals surface area contributed by atoms with Crippen molar-refractivity contribution in [3.8, 4) is 17.4 Å². The van der Waals surface area contributed by atoms with Crippen LogP contribution in [0.1, 0.15) is 18.9 Å². The standard InChI is InChI=1S/C18H23ClN2O3/c1-3-23-17-11-14(15(19)12-16(17)22-2)13-20-8-6-10-24-18-7-4-5-9-21-18/h4-5,7,9,11-12,20H,3,6,8,10,13H2,1-2H3. The summed E-state index contributed by atoms with van der Waals surface area (Å²) in [6.45, 7) is 4.61. The third-order valence-electron chi connectivity index (χ3n) is 3.33. The third kappa shape index (κ3) is 5.58. The van der Waals surface area contributed by atoms with Gasteiger partial charge in [0, 0.05) is 29.9 Å². The SMILES string of the molecule is CCOc1cc(CNCCCOc2ccccn2)c(Cl)cc1OC. The van der Waals surface area contributed by atoms with Gasteiger partial charge in [0.15, 0.2) is 11.5 Å². The number of hydrogen-bond acceptors (Lipinski definition) is 5. The Bertz CT molecular complexity index is 623. The molecule has 0 aliphatic heterocycles. The van der Waals surface area contributed by atoms with Gasteiger partial charge in [-0.2, -0.15) is 0 Å². The zero-order valence-corrected chi connectivity index (χ0v) is 14.8. The van der Waals surface area contributed by atoms with E-state index < -0.39 is 0 Å². The van der Waals surface area contributed by atoms with E-state index in [2.05, 4.69) is 10.3 Å². The Morgan fingerprint density at radius 2 is 2.04 bits per heavy atom. The molecule has 2 rings (SSSR count). The number of nitrogens with one attached hydrogen (secondary N) is 1. The van der Waals surface area contributed by atoms with E-state index in [0.717, 1.165) is 18.5 Å². The van der Waals surface area contributed by atoms with E-state index in [0.29, 0.717) is 42.2 Å². The molecule has 130 valence electrons. The largest absolute Gasteiger partial charge is 0.493 e. The number of aromatic nitrogens is 1. The van der Waals surface area contributed by atoms with Crippen LogP contribution in [0.2, 0.25) is 5.02 Å². The van der Waals surface area contributed by atoms with Crippen molar-refractivity contribution in [2.24, 2.45) is 0 Å². The van der Waals surface area contributed by atoms with Crippen molar-refractivity contribution in [3.63, 3.8) is 0 Å². The first-order valence-corrected chi connectivity index (χ1v) is 8.36. The smallest absolute Gasteiger partial charge is 0.213 e. The van der Waals surface area contributed by atoms with E-state index in [1.807, 2.05) is 31.2 Å². The lowest BCUT2D eigenvalue weighted by Crippen LogP contribution is -2.17. The van der Waals surface area contributed by atoms with Gasteiger partial charge in [-0.05, 0) is 37.6 Å². The summed E-state index contributed by atoms with van der Waals surface area (Å²) in [6.07, 6.45) is 2.60. The molecule has 0 fully saturated rings. The maximum atomic E-state index is 6.29. The zero-order chi connectivity index (χ0) is 17.2. The minimum Gasteiger partial charge on any atom is -0.493 e. The van der Waals surface area contributed by atoms with Crippen LogP contribution in [-0.4, -0.2) is 31.9 Å². The summed E-state index contributed by atoms with van der Waals surface area (Å²) >= 11 is 6.29. The van der Waals surface area contributed by atoms with Crippen molar-refractivity contribution in [2.45, 2.75) is 19.9 Å². The van der Waals surface area contributed by atoms with Crippen LogP contribution in [0.25, 0.3) is 0 Å². The van der Waals surface area contributed by atoms with Crippen molar-refractivity contribution in [1.82, 2.24) is 10.3 Å². The molecule has 0 aliphatic carbocycles. The highest BCUT2D eigenvalue weighted by molar-refractivity contribution is 6.31. The second kappa shape index (κ2) is 10.0. The molecule has 1 heterocycles. The van der Waals surface area contributed by atoms with Gasteiger partial charge in [0.25, 0.3) is 0 Å². The van der Waals surface area contributed by atoms with Crippen LogP contribution < -0.4 is 19.5 Å². The summed E-state index contributed by atoms with van der Waals surface area (Å²) in [5, 5.41) is 4.01. The maximum Gasteiger partial charge on any atom is 0.213 e. The lowest BCUT2D eigenvalue weighted by molar-refractivity contribution is 0.296. The molecule has 0 amide bonds. The van der Waals surface area contributed by atoms with Crippen LogP contribution in [0.5, 0.6) is 17.4 Å². The monoisotopic (exact) mass is 350 g/mol. The summed E-state index contributed by atoms with van der Waals surface area (Å²) in [5.41, 5.74) is 0.978. The van der Waals surface area contributed by atoms with E-state index in [1.165, 1.54) is 0 Å². The topological polar surface area (TPSA) is 52.6 Å². The van der Waals surface area contributed by atoms with Crippen LogP contribution in [0.15, 0.2) is 36.5 Å². The van der Waals surface area contributed by atoms with E-state index in [9.17, 15) is 0 Å². The van der Waals surface area contributed by atoms with Gasteiger partial charge in [-0.3, -0.25) is 0 Å². The van der Waals surface area contributed by atoms with Crippen LogP contribution >= 0.6 is 11.6 Å². The van der Waals surface area contributed by atoms with Crippen LogP contribution in [0.4, 0.5) is 0 Å². The van der Waals surface area contributed by atoms with E-state index in [1.54, 1.807) is 19.4 Å². The van der Waals surface area contributed by atoms with Crippen molar-refractivity contribution in [1.29, 1.82) is 0 Å². The average Bonchev–Trinajstić information content (AvgIpc) is 2.61. The fourth-order valence-corrected chi connectivity index (χ4v) is 2.39. The van der Waals surface area contributed by atoms with Gasteiger partial charge < -0.3 is 19.5 Å². The number of benzene rings is 1. The summed E-state index contributed by atoms with van der Waals surface area (Å²) < 4.78 is 16.4. The Balaban J connectivity index is 1.76. The first kappa shape index (κ1) is 18.4. The Kier molecular flexibility index (Phi) is 7.65. The minimum atomic E-state index is 0.579. The molecule has 1 aromatic carbocycles. The number of hydrogen-bond donors (Lipinski definition) is 1. The molecule has 0 atom stereocenters. The highest BCUT2D eigenvalue weighted by Crippen LogP contribution is 2.33. The number of halogens is 1. The van der Waals surface area contributed by atoms with Gasteiger partial charge in [0.1, 0.15) is 0 Å². The number of pyridine rings is 1. The van der Waals surface area contributed by atoms with E-state index >= 15 is 0 Å². The lowest BCUT2D eigenvalue weighted by atomic mass is 10.2. The van der Waals surface area contributed by atoms with Gasteiger partial charge in [0.2, 0.25) is 5.88 Å². The normalized spacial score (nSPS) is 10.5. The van der Waals surface area contributed by atoms with Gasteiger partial charge in [-0.15, -0.1) is 0 Å². The fourth-order valence-electron chi connectivity index (χ4n) is 2.17. The molecule has 0 unspecified atom stereocenters. The zero-order valence-electron chi connectivity index (χ0n) is 14.0. The minimum absolute atomic E-state index is 0.579. The van der Waals surface area contributed by atoms with E-state index in [4.69, 9.17) is 25.8 Å². The van der Waals surface area contributed by atoms with Crippen molar-refractivity contribution >= 4 is 11.6 Å². The Morgan fingerprint density at radius 1 is 1.17 bits per heavy atom. The van der Waals surface area contributed by atoms with E-state index in [-0.39, 0.29) is 0 Å². The predicted molar refractivity (Wildman–Crippen MR) is 95.2 cm³/mol. The molecule has 0 saturated heterocycles. The molecule has 0 aliphatic rings. The summed E-state index contributed by atoms with van der Waals surface area (Å²) in [6, 6.07) is 9.32. The van der Waals surface area contributed by atoms with Crippen molar-refractivity contribution in [3.05, 3.63) is 47.1 Å². The van der Waals surface area contributed by atoms with Crippen molar-refractivity contribution < 1.29 is 14.2 Å². The Morgan fingerprint density at radius 3 is 2.75 bits per heavy atom. The molecule has 5 nitrogen and oxygen atoms in total. The molecule has 0 spiro atoms. The molecule has 2 aromatic rings. The highest BCUT2D eigenvalue weighted by Gasteiger charge is 2.10. The molecule has 0 saturated carbocycles. The molecule has 1 aromatic heterocycles. The number of ether oxygens (including phenoxy) is 3. The molecule has 24 heavy (non-hydrogen) atoms. The van der Waals surface area contributed by atoms with Crippen LogP contribution in [0, 0.1) is 0 Å². The third-order valence-corrected chi connectivity index (χ3v) is 3.69. The van der Waals surface area contributed by atoms with Gasteiger partial charge in [0.05, 0.1) is 20.3 Å². The Hall–Kier alpha value is -1.98. The molecule has 6 heteroatoms. The number of nitrogens with zero attached hydrogens (tertiary/aromatic N) is 1. The Labute approximate surface area is 147 Å². The quantitative estimate of drug-likeness (QED) is 0.662. The average molecular weight is 351 g/mol. The highest BCUT2D eigenvalue weighted by atomic mass is 35.5. The number of methoxy groups -OCH3 is 1. The molecular weight excluding hydrogens is 328 g/mol. The second-order valence-corrected chi connectivity index (χ2v) is 5.48. The first-order valence-electron chi connectivity index (χ1n) is 7.98. The molecule has 1 N–H and O–H groups in total. The second-order valence-electron chi connectivity index (χ2n) is 5.07. The van der Waals surface area contributed by atoms with Crippen LogP contribution in [0.3, 0.4) is 0 Å². The van der Waals surface area contributed by atoms with Gasteiger partial charge in [-0.1, -0.05) is 17.7 Å². The molecular formula is C18H23ClN2O3. The van der Waals surface area contributed by atoms with Gasteiger partial charge in [-0.25, -0.2) is 4.98 Å². The number of rotatable bonds is 10. The summed E-state index contributed by atoms with van der Waals surface area (Å²) in [4.78, 5) is 4.11. The summed E-state index contributed by atoms with van der Waals surface area (Å²) in [7, 11) is 1.60. The van der Waals surface area contributed by atoms with Gasteiger partial charge >= 0.3 is 0 Å². The molecule has 0 bridgehead atoms. The fraction of sp³-hybridized carbons (Fsp3) is 0.389. The predicted octanol–water partition coefficient (Wildman–Crippen LogP) is 3.70. The molecule has 0 radical (unpaired) electrons. The first-order chi connectivity index (χ1) is 11.7.